The summed E-state index contributed by atoms with van der Waals surface area (Å²) in [6.07, 6.45) is -0.224. The molecular weight excluding hydrogens is 352 g/mol. The number of nitrogens with zero attached hydrogens (tertiary/aromatic N) is 1. The number of carbonyl (C=O) groups is 1. The lowest BCUT2D eigenvalue weighted by Gasteiger charge is -2.25. The zero-order valence-corrected chi connectivity index (χ0v) is 18.2. The van der Waals surface area contributed by atoms with Gasteiger partial charge in [0.25, 0.3) is 0 Å². The molecule has 1 aromatic heterocycles. The van der Waals surface area contributed by atoms with Gasteiger partial charge in [-0.3, -0.25) is 4.79 Å². The van der Waals surface area contributed by atoms with Crippen LogP contribution in [0.25, 0.3) is 0 Å². The van der Waals surface area contributed by atoms with Crippen LogP contribution in [0.1, 0.15) is 67.3 Å². The van der Waals surface area contributed by atoms with E-state index in [-0.39, 0.29) is 5.91 Å². The Bertz CT molecular complexity index is 882. The van der Waals surface area contributed by atoms with Gasteiger partial charge in [-0.1, -0.05) is 45.9 Å². The summed E-state index contributed by atoms with van der Waals surface area (Å²) >= 11 is 0. The lowest BCUT2D eigenvalue weighted by molar-refractivity contribution is -0.123. The molecule has 0 radical (unpaired) electrons. The number of nitrogens with one attached hydrogen (secondary N) is 1. The Hall–Kier alpha value is -2.40. The van der Waals surface area contributed by atoms with Crippen LogP contribution in [0.4, 0.5) is 5.69 Å². The van der Waals surface area contributed by atoms with E-state index < -0.39 is 11.5 Å². The lowest BCUT2D eigenvalue weighted by Crippen LogP contribution is -2.29. The summed E-state index contributed by atoms with van der Waals surface area (Å²) in [6.45, 7) is 13.5. The van der Waals surface area contributed by atoms with E-state index >= 15 is 0 Å². The molecule has 1 heterocycles. The molecule has 28 heavy (non-hydrogen) atoms. The minimum Gasteiger partial charge on any atom is -0.479 e. The van der Waals surface area contributed by atoms with E-state index in [1.807, 2.05) is 66.7 Å². The Balaban J connectivity index is 2.72. The summed E-state index contributed by atoms with van der Waals surface area (Å²) < 4.78 is 5.47. The zero-order valence-electron chi connectivity index (χ0n) is 18.2. The van der Waals surface area contributed by atoms with E-state index in [0.717, 1.165) is 27.9 Å². The highest BCUT2D eigenvalue weighted by Gasteiger charge is 2.29. The van der Waals surface area contributed by atoms with E-state index in [2.05, 4.69) is 10.3 Å². The predicted molar refractivity (Wildman–Crippen MR) is 113 cm³/mol. The van der Waals surface area contributed by atoms with Gasteiger partial charge in [-0.2, -0.15) is 0 Å². The molecule has 5 heteroatoms. The number of benzene rings is 1. The quantitative estimate of drug-likeness (QED) is 0.787. The van der Waals surface area contributed by atoms with Crippen LogP contribution >= 0.6 is 0 Å². The Labute approximate surface area is 168 Å². The van der Waals surface area contributed by atoms with Gasteiger partial charge in [0.15, 0.2) is 0 Å². The summed E-state index contributed by atoms with van der Waals surface area (Å²) in [7, 11) is 1.52. The van der Waals surface area contributed by atoms with E-state index in [0.29, 0.717) is 23.6 Å². The first kappa shape index (κ1) is 21.9. The second-order valence-corrected chi connectivity index (χ2v) is 8.28. The van der Waals surface area contributed by atoms with Gasteiger partial charge < -0.3 is 15.2 Å². The SMILES string of the molecule is CCc1c(C)nc(OC)c(NC(=O)C(C)(C)C)c1C(O)c1ccc(C)c(C)c1. The molecule has 1 aromatic carbocycles. The second-order valence-electron chi connectivity index (χ2n) is 8.28. The van der Waals surface area contributed by atoms with E-state index in [4.69, 9.17) is 4.74 Å². The number of pyridine rings is 1. The smallest absolute Gasteiger partial charge is 0.238 e. The third-order valence-corrected chi connectivity index (χ3v) is 5.10. The molecule has 2 N–H and O–H groups in total. The number of ether oxygens (including phenoxy) is 1. The molecule has 0 fully saturated rings. The van der Waals surface area contributed by atoms with Gasteiger partial charge in [-0.25, -0.2) is 4.98 Å². The fourth-order valence-electron chi connectivity index (χ4n) is 3.16. The molecule has 0 bridgehead atoms. The number of amides is 1. The van der Waals surface area contributed by atoms with Gasteiger partial charge in [0, 0.05) is 16.7 Å². The van der Waals surface area contributed by atoms with Crippen LogP contribution in [0, 0.1) is 26.2 Å². The molecule has 2 rings (SSSR count). The number of carbonyl (C=O) groups excluding carboxylic acids is 1. The summed E-state index contributed by atoms with van der Waals surface area (Å²) in [5.74, 6) is 0.150. The largest absolute Gasteiger partial charge is 0.479 e. The summed E-state index contributed by atoms with van der Waals surface area (Å²) in [4.78, 5) is 17.2. The average molecular weight is 385 g/mol. The van der Waals surface area contributed by atoms with Crippen LogP contribution in [-0.4, -0.2) is 23.1 Å². The van der Waals surface area contributed by atoms with Crippen molar-refractivity contribution in [1.82, 2.24) is 4.98 Å². The molecule has 0 aliphatic heterocycles. The predicted octanol–water partition coefficient (Wildman–Crippen LogP) is 4.64. The normalized spacial score (nSPS) is 12.6. The van der Waals surface area contributed by atoms with Gasteiger partial charge in [0.05, 0.1) is 7.11 Å². The van der Waals surface area contributed by atoms with Crippen LogP contribution in [0.2, 0.25) is 0 Å². The minimum absolute atomic E-state index is 0.160. The molecule has 5 nitrogen and oxygen atoms in total. The maximum absolute atomic E-state index is 12.7. The van der Waals surface area contributed by atoms with Crippen LogP contribution in [0.15, 0.2) is 18.2 Å². The van der Waals surface area contributed by atoms with E-state index in [1.54, 1.807) is 0 Å². The van der Waals surface area contributed by atoms with Crippen molar-refractivity contribution in [3.8, 4) is 5.88 Å². The maximum atomic E-state index is 12.7. The summed E-state index contributed by atoms with van der Waals surface area (Å²) in [5.41, 5.74) is 5.23. The maximum Gasteiger partial charge on any atom is 0.238 e. The first-order valence-electron chi connectivity index (χ1n) is 9.65. The molecule has 152 valence electrons. The topological polar surface area (TPSA) is 71.5 Å². The number of rotatable bonds is 5. The molecule has 2 aromatic rings. The summed E-state index contributed by atoms with van der Waals surface area (Å²) in [6, 6.07) is 5.90. The third kappa shape index (κ3) is 4.36. The Morgan fingerprint density at radius 1 is 1.21 bits per heavy atom. The van der Waals surface area contributed by atoms with Gasteiger partial charge in [-0.15, -0.1) is 0 Å². The number of anilines is 1. The number of methoxy groups -OCH3 is 1. The number of hydrogen-bond acceptors (Lipinski definition) is 4. The second kappa shape index (κ2) is 8.31. The van der Waals surface area contributed by atoms with Crippen molar-refractivity contribution in [2.45, 2.75) is 61.0 Å². The number of aromatic nitrogens is 1. The van der Waals surface area contributed by atoms with Crippen LogP contribution in [-0.2, 0) is 11.2 Å². The van der Waals surface area contributed by atoms with Crippen molar-refractivity contribution in [1.29, 1.82) is 0 Å². The highest BCUT2D eigenvalue weighted by atomic mass is 16.5. The molecule has 0 saturated heterocycles. The lowest BCUT2D eigenvalue weighted by atomic mass is 9.91. The molecule has 0 saturated carbocycles. The van der Waals surface area contributed by atoms with Gasteiger partial charge in [0.2, 0.25) is 11.8 Å². The monoisotopic (exact) mass is 384 g/mol. The van der Waals surface area contributed by atoms with Crippen LogP contribution in [0.5, 0.6) is 5.88 Å². The molecule has 1 unspecified atom stereocenters. The standard InChI is InChI=1S/C23H32N2O3/c1-9-17-15(4)24-21(28-8)19(25-22(27)23(5,6)7)18(17)20(26)16-11-10-13(2)14(3)12-16/h10-12,20,26H,9H2,1-8H3,(H,25,27). The molecule has 0 aliphatic carbocycles. The van der Waals surface area contributed by atoms with Crippen LogP contribution < -0.4 is 10.1 Å². The third-order valence-electron chi connectivity index (χ3n) is 5.10. The van der Waals surface area contributed by atoms with Crippen molar-refractivity contribution in [3.05, 3.63) is 51.7 Å². The van der Waals surface area contributed by atoms with Crippen molar-refractivity contribution >= 4 is 11.6 Å². The number of aryl methyl sites for hydroxylation is 3. The molecule has 1 amide bonds. The first-order chi connectivity index (χ1) is 13.0. The highest BCUT2D eigenvalue weighted by molar-refractivity contribution is 5.96. The molecular formula is C23H32N2O3. The van der Waals surface area contributed by atoms with Gasteiger partial charge >= 0.3 is 0 Å². The van der Waals surface area contributed by atoms with Gasteiger partial charge in [-0.05, 0) is 49.4 Å². The Kier molecular flexibility index (Phi) is 6.50. The first-order valence-corrected chi connectivity index (χ1v) is 9.65. The molecule has 0 spiro atoms. The van der Waals surface area contributed by atoms with Crippen LogP contribution in [0.3, 0.4) is 0 Å². The van der Waals surface area contributed by atoms with Crippen molar-refractivity contribution in [2.75, 3.05) is 12.4 Å². The fraction of sp³-hybridized carbons (Fsp3) is 0.478. The van der Waals surface area contributed by atoms with Crippen molar-refractivity contribution in [3.63, 3.8) is 0 Å². The zero-order chi connectivity index (χ0) is 21.2. The minimum atomic E-state index is -0.903. The fourth-order valence-corrected chi connectivity index (χ4v) is 3.16. The Morgan fingerprint density at radius 3 is 2.36 bits per heavy atom. The average Bonchev–Trinajstić information content (AvgIpc) is 2.63. The van der Waals surface area contributed by atoms with Crippen molar-refractivity contribution < 1.29 is 14.6 Å². The number of hydrogen-bond donors (Lipinski definition) is 2. The van der Waals surface area contributed by atoms with E-state index in [1.165, 1.54) is 7.11 Å². The highest BCUT2D eigenvalue weighted by Crippen LogP contribution is 2.39. The van der Waals surface area contributed by atoms with E-state index in [9.17, 15) is 9.90 Å². The molecule has 1 atom stereocenters. The summed E-state index contributed by atoms with van der Waals surface area (Å²) in [5, 5.41) is 14.3. The number of aliphatic hydroxyl groups excluding tert-OH is 1. The van der Waals surface area contributed by atoms with Gasteiger partial charge in [0.1, 0.15) is 11.8 Å². The molecule has 0 aliphatic rings. The van der Waals surface area contributed by atoms with Crippen molar-refractivity contribution in [2.24, 2.45) is 5.41 Å². The number of aliphatic hydroxyl groups is 1. The Morgan fingerprint density at radius 2 is 1.86 bits per heavy atom.